The summed E-state index contributed by atoms with van der Waals surface area (Å²) >= 11 is 0. The molecule has 2 aliphatic rings. The molecule has 2 heterocycles. The maximum Gasteiger partial charge on any atom is 0.125 e. The number of ether oxygens (including phenoxy) is 1. The van der Waals surface area contributed by atoms with Crippen molar-refractivity contribution < 1.29 is 9.84 Å². The topological polar surface area (TPSA) is 32.7 Å². The Balaban J connectivity index is 1.88. The molecule has 17 heavy (non-hydrogen) atoms. The van der Waals surface area contributed by atoms with Crippen LogP contribution in [0.2, 0.25) is 0 Å². The van der Waals surface area contributed by atoms with Gasteiger partial charge in [-0.15, -0.1) is 0 Å². The van der Waals surface area contributed by atoms with Gasteiger partial charge in [0.2, 0.25) is 0 Å². The highest BCUT2D eigenvalue weighted by molar-refractivity contribution is 5.38. The zero-order chi connectivity index (χ0) is 11.9. The van der Waals surface area contributed by atoms with E-state index < -0.39 is 0 Å². The Bertz CT molecular complexity index is 410. The molecule has 3 rings (SSSR count). The van der Waals surface area contributed by atoms with Gasteiger partial charge in [-0.25, -0.2) is 0 Å². The number of piperidine rings is 1. The second-order valence-corrected chi connectivity index (χ2v) is 5.35. The van der Waals surface area contributed by atoms with Gasteiger partial charge in [0.15, 0.2) is 0 Å². The SMILES string of the molecule is CN1CCC2(CC1)C[C@@H](O)c1ccccc1O2. The van der Waals surface area contributed by atoms with E-state index in [1.165, 1.54) is 0 Å². The van der Waals surface area contributed by atoms with E-state index in [2.05, 4.69) is 11.9 Å². The molecule has 1 N–H and O–H groups in total. The molecule has 0 unspecified atom stereocenters. The van der Waals surface area contributed by atoms with Gasteiger partial charge in [-0.1, -0.05) is 18.2 Å². The maximum atomic E-state index is 10.3. The van der Waals surface area contributed by atoms with E-state index in [4.69, 9.17) is 4.74 Å². The molecule has 1 fully saturated rings. The third-order valence-corrected chi connectivity index (χ3v) is 4.07. The molecule has 0 aromatic heterocycles. The summed E-state index contributed by atoms with van der Waals surface area (Å²) < 4.78 is 6.19. The Morgan fingerprint density at radius 1 is 1.29 bits per heavy atom. The molecule has 1 atom stereocenters. The Hall–Kier alpha value is -1.06. The molecule has 2 aliphatic heterocycles. The molecule has 0 saturated carbocycles. The molecular formula is C14H19NO2. The van der Waals surface area contributed by atoms with E-state index in [0.29, 0.717) is 0 Å². The highest BCUT2D eigenvalue weighted by Gasteiger charge is 2.42. The van der Waals surface area contributed by atoms with Crippen LogP contribution in [0.15, 0.2) is 24.3 Å². The number of benzene rings is 1. The molecular weight excluding hydrogens is 214 g/mol. The average Bonchev–Trinajstić information content (AvgIpc) is 2.34. The second kappa shape index (κ2) is 4.00. The fraction of sp³-hybridized carbons (Fsp3) is 0.571. The molecule has 1 saturated heterocycles. The predicted molar refractivity (Wildman–Crippen MR) is 66.1 cm³/mol. The minimum atomic E-state index is -0.372. The minimum absolute atomic E-state index is 0.139. The predicted octanol–water partition coefficient (Wildman–Crippen LogP) is 1.97. The third kappa shape index (κ3) is 1.94. The number of rotatable bonds is 0. The van der Waals surface area contributed by atoms with Crippen LogP contribution in [0.5, 0.6) is 5.75 Å². The largest absolute Gasteiger partial charge is 0.487 e. The van der Waals surface area contributed by atoms with Gasteiger partial charge in [-0.2, -0.15) is 0 Å². The van der Waals surface area contributed by atoms with Crippen molar-refractivity contribution in [1.29, 1.82) is 0 Å². The first-order valence-electron chi connectivity index (χ1n) is 6.33. The number of hydrogen-bond acceptors (Lipinski definition) is 3. The van der Waals surface area contributed by atoms with Gasteiger partial charge in [0.1, 0.15) is 11.4 Å². The van der Waals surface area contributed by atoms with Crippen LogP contribution in [0.25, 0.3) is 0 Å². The van der Waals surface area contributed by atoms with Crippen molar-refractivity contribution >= 4 is 0 Å². The average molecular weight is 233 g/mol. The Morgan fingerprint density at radius 3 is 2.76 bits per heavy atom. The zero-order valence-corrected chi connectivity index (χ0v) is 10.2. The van der Waals surface area contributed by atoms with Gasteiger partial charge in [0, 0.05) is 25.1 Å². The molecule has 1 spiro atoms. The molecule has 0 bridgehead atoms. The fourth-order valence-corrected chi connectivity index (χ4v) is 2.92. The van der Waals surface area contributed by atoms with Crippen LogP contribution in [0.1, 0.15) is 30.9 Å². The summed E-state index contributed by atoms with van der Waals surface area (Å²) in [6.45, 7) is 2.10. The smallest absolute Gasteiger partial charge is 0.125 e. The molecule has 0 aliphatic carbocycles. The van der Waals surface area contributed by atoms with Crippen LogP contribution < -0.4 is 4.74 Å². The van der Waals surface area contributed by atoms with Crippen LogP contribution in [0.4, 0.5) is 0 Å². The number of aliphatic hydroxyl groups is 1. The third-order valence-electron chi connectivity index (χ3n) is 4.07. The molecule has 1 aromatic carbocycles. The summed E-state index contributed by atoms with van der Waals surface area (Å²) in [4.78, 5) is 2.32. The minimum Gasteiger partial charge on any atom is -0.487 e. The lowest BCUT2D eigenvalue weighted by Gasteiger charge is -2.45. The number of fused-ring (bicyclic) bond motifs is 1. The first-order valence-corrected chi connectivity index (χ1v) is 6.33. The lowest BCUT2D eigenvalue weighted by molar-refractivity contribution is -0.0503. The van der Waals surface area contributed by atoms with Crippen LogP contribution in [-0.2, 0) is 0 Å². The second-order valence-electron chi connectivity index (χ2n) is 5.35. The standard InChI is InChI=1S/C14H19NO2/c1-15-8-6-14(7-9-15)10-12(16)11-4-2-3-5-13(11)17-14/h2-5,12,16H,6-10H2,1H3/t12-/m1/s1. The molecule has 3 heteroatoms. The van der Waals surface area contributed by atoms with Crippen LogP contribution in [0.3, 0.4) is 0 Å². The summed E-state index contributed by atoms with van der Waals surface area (Å²) in [6.07, 6.45) is 2.38. The van der Waals surface area contributed by atoms with Gasteiger partial charge >= 0.3 is 0 Å². The molecule has 3 nitrogen and oxygen atoms in total. The summed E-state index contributed by atoms with van der Waals surface area (Å²) in [5.41, 5.74) is 0.803. The van der Waals surface area contributed by atoms with E-state index in [0.717, 1.165) is 43.7 Å². The number of aliphatic hydroxyl groups excluding tert-OH is 1. The van der Waals surface area contributed by atoms with E-state index in [1.54, 1.807) is 0 Å². The van der Waals surface area contributed by atoms with Crippen molar-refractivity contribution in [1.82, 2.24) is 4.90 Å². The van der Waals surface area contributed by atoms with Gasteiger partial charge in [-0.05, 0) is 26.0 Å². The van der Waals surface area contributed by atoms with Crippen molar-refractivity contribution in [2.45, 2.75) is 31.0 Å². The number of hydrogen-bond donors (Lipinski definition) is 1. The quantitative estimate of drug-likeness (QED) is 0.743. The van der Waals surface area contributed by atoms with Crippen LogP contribution in [0, 0.1) is 0 Å². The van der Waals surface area contributed by atoms with Crippen LogP contribution >= 0.6 is 0 Å². The molecule has 92 valence electrons. The van der Waals surface area contributed by atoms with Crippen molar-refractivity contribution in [2.75, 3.05) is 20.1 Å². The summed E-state index contributed by atoms with van der Waals surface area (Å²) in [5, 5.41) is 10.3. The lowest BCUT2D eigenvalue weighted by atomic mass is 9.82. The number of nitrogens with zero attached hydrogens (tertiary/aromatic N) is 1. The molecule has 0 radical (unpaired) electrons. The maximum absolute atomic E-state index is 10.3. The lowest BCUT2D eigenvalue weighted by Crippen LogP contribution is -2.49. The van der Waals surface area contributed by atoms with E-state index in [-0.39, 0.29) is 11.7 Å². The Labute approximate surface area is 102 Å². The van der Waals surface area contributed by atoms with Crippen molar-refractivity contribution in [3.8, 4) is 5.75 Å². The van der Waals surface area contributed by atoms with E-state index >= 15 is 0 Å². The highest BCUT2D eigenvalue weighted by Crippen LogP contribution is 2.43. The number of para-hydroxylation sites is 1. The first kappa shape index (κ1) is 11.1. The van der Waals surface area contributed by atoms with Crippen molar-refractivity contribution in [2.24, 2.45) is 0 Å². The van der Waals surface area contributed by atoms with Crippen molar-refractivity contribution in [3.63, 3.8) is 0 Å². The van der Waals surface area contributed by atoms with Gasteiger partial charge < -0.3 is 14.7 Å². The molecule has 0 amide bonds. The normalized spacial score (nSPS) is 27.5. The Kier molecular flexibility index (Phi) is 2.60. The van der Waals surface area contributed by atoms with Crippen LogP contribution in [-0.4, -0.2) is 35.7 Å². The summed E-state index contributed by atoms with van der Waals surface area (Å²) in [6, 6.07) is 7.86. The zero-order valence-electron chi connectivity index (χ0n) is 10.2. The monoisotopic (exact) mass is 233 g/mol. The summed E-state index contributed by atoms with van der Waals surface area (Å²) in [5.74, 6) is 0.871. The summed E-state index contributed by atoms with van der Waals surface area (Å²) in [7, 11) is 2.14. The Morgan fingerprint density at radius 2 is 2.00 bits per heavy atom. The van der Waals surface area contributed by atoms with Gasteiger partial charge in [0.05, 0.1) is 6.10 Å². The highest BCUT2D eigenvalue weighted by atomic mass is 16.5. The fourth-order valence-electron chi connectivity index (χ4n) is 2.92. The van der Waals surface area contributed by atoms with Crippen molar-refractivity contribution in [3.05, 3.63) is 29.8 Å². The van der Waals surface area contributed by atoms with E-state index in [9.17, 15) is 5.11 Å². The van der Waals surface area contributed by atoms with E-state index in [1.807, 2.05) is 24.3 Å². The number of likely N-dealkylation sites (tertiary alicyclic amines) is 1. The molecule has 1 aromatic rings. The van der Waals surface area contributed by atoms with Gasteiger partial charge in [-0.3, -0.25) is 0 Å². The van der Waals surface area contributed by atoms with Gasteiger partial charge in [0.25, 0.3) is 0 Å². The first-order chi connectivity index (χ1) is 8.19.